The van der Waals surface area contributed by atoms with Crippen LogP contribution in [0.25, 0.3) is 0 Å². The highest BCUT2D eigenvalue weighted by molar-refractivity contribution is 5.22. The van der Waals surface area contributed by atoms with Crippen molar-refractivity contribution >= 4 is 0 Å². The van der Waals surface area contributed by atoms with Crippen molar-refractivity contribution in [2.45, 2.75) is 51.4 Å². The first kappa shape index (κ1) is 16.0. The van der Waals surface area contributed by atoms with Crippen molar-refractivity contribution < 1.29 is 0 Å². The molecule has 0 unspecified atom stereocenters. The molecule has 0 radical (unpaired) electrons. The number of aryl methyl sites for hydroxylation is 2. The van der Waals surface area contributed by atoms with Gasteiger partial charge in [-0.25, -0.2) is 0 Å². The van der Waals surface area contributed by atoms with E-state index >= 15 is 0 Å². The van der Waals surface area contributed by atoms with Gasteiger partial charge in [0.1, 0.15) is 0 Å². The standard InChI is InChI=1S/C20H32N2/c1-2-14-21(13-1)17-5-7-19-9-11-20(12-10-19)8-6-18-22-15-3-4-16-22/h9-12H,1-8,13-18H2. The molecule has 0 bridgehead atoms. The van der Waals surface area contributed by atoms with E-state index in [-0.39, 0.29) is 0 Å². The largest absolute Gasteiger partial charge is 0.303 e. The Morgan fingerprint density at radius 2 is 0.955 bits per heavy atom. The molecule has 122 valence electrons. The molecular formula is C20H32N2. The van der Waals surface area contributed by atoms with E-state index in [0.29, 0.717) is 0 Å². The van der Waals surface area contributed by atoms with Crippen molar-refractivity contribution in [3.05, 3.63) is 35.4 Å². The quantitative estimate of drug-likeness (QED) is 0.721. The molecule has 2 heteroatoms. The SMILES string of the molecule is c1cc(CCCN2CCCC2)ccc1CCCN1CCCC1. The van der Waals surface area contributed by atoms with Crippen LogP contribution in [-0.4, -0.2) is 49.1 Å². The van der Waals surface area contributed by atoms with E-state index < -0.39 is 0 Å². The van der Waals surface area contributed by atoms with E-state index in [1.54, 1.807) is 0 Å². The van der Waals surface area contributed by atoms with Gasteiger partial charge in [0, 0.05) is 0 Å². The predicted octanol–water partition coefficient (Wildman–Crippen LogP) is 3.74. The van der Waals surface area contributed by atoms with Gasteiger partial charge in [0.05, 0.1) is 0 Å². The number of nitrogens with zero attached hydrogens (tertiary/aromatic N) is 2. The fourth-order valence-corrected chi connectivity index (χ4v) is 3.90. The Morgan fingerprint density at radius 3 is 1.32 bits per heavy atom. The summed E-state index contributed by atoms with van der Waals surface area (Å²) in [5.41, 5.74) is 3.03. The Labute approximate surface area is 136 Å². The van der Waals surface area contributed by atoms with Crippen molar-refractivity contribution in [2.75, 3.05) is 39.3 Å². The third kappa shape index (κ3) is 5.10. The van der Waals surface area contributed by atoms with Crippen LogP contribution in [-0.2, 0) is 12.8 Å². The van der Waals surface area contributed by atoms with Crippen molar-refractivity contribution in [1.29, 1.82) is 0 Å². The van der Waals surface area contributed by atoms with E-state index in [4.69, 9.17) is 0 Å². The molecule has 2 heterocycles. The van der Waals surface area contributed by atoms with Gasteiger partial charge in [-0.15, -0.1) is 0 Å². The fourth-order valence-electron chi connectivity index (χ4n) is 3.90. The summed E-state index contributed by atoms with van der Waals surface area (Å²) in [7, 11) is 0. The minimum absolute atomic E-state index is 1.24. The fraction of sp³-hybridized carbons (Fsp3) is 0.700. The second-order valence-electron chi connectivity index (χ2n) is 7.12. The first-order valence-corrected chi connectivity index (χ1v) is 9.43. The van der Waals surface area contributed by atoms with Crippen LogP contribution in [0, 0.1) is 0 Å². The zero-order valence-corrected chi connectivity index (χ0v) is 14.1. The summed E-state index contributed by atoms with van der Waals surface area (Å²) in [6, 6.07) is 9.43. The lowest BCUT2D eigenvalue weighted by Crippen LogP contribution is -2.20. The second kappa shape index (κ2) is 8.69. The van der Waals surface area contributed by atoms with Crippen LogP contribution >= 0.6 is 0 Å². The summed E-state index contributed by atoms with van der Waals surface area (Å²) in [6.07, 6.45) is 10.7. The van der Waals surface area contributed by atoms with Crippen LogP contribution < -0.4 is 0 Å². The van der Waals surface area contributed by atoms with Gasteiger partial charge in [0.2, 0.25) is 0 Å². The van der Waals surface area contributed by atoms with Crippen LogP contribution in [0.2, 0.25) is 0 Å². The third-order valence-corrected chi connectivity index (χ3v) is 5.30. The summed E-state index contributed by atoms with van der Waals surface area (Å²) < 4.78 is 0. The smallest absolute Gasteiger partial charge is 0.00156 e. The molecule has 0 spiro atoms. The number of likely N-dealkylation sites (tertiary alicyclic amines) is 2. The Balaban J connectivity index is 1.32. The highest BCUT2D eigenvalue weighted by Gasteiger charge is 2.11. The Kier molecular flexibility index (Phi) is 6.32. The predicted molar refractivity (Wildman–Crippen MR) is 94.4 cm³/mol. The van der Waals surface area contributed by atoms with Gasteiger partial charge in [-0.1, -0.05) is 24.3 Å². The van der Waals surface area contributed by atoms with Gasteiger partial charge in [0.15, 0.2) is 0 Å². The van der Waals surface area contributed by atoms with E-state index in [9.17, 15) is 0 Å². The van der Waals surface area contributed by atoms with Crippen LogP contribution in [0.5, 0.6) is 0 Å². The Hall–Kier alpha value is -0.860. The molecular weight excluding hydrogens is 268 g/mol. The summed E-state index contributed by atoms with van der Waals surface area (Å²) in [5.74, 6) is 0. The summed E-state index contributed by atoms with van der Waals surface area (Å²) >= 11 is 0. The van der Waals surface area contributed by atoms with Crippen molar-refractivity contribution in [3.63, 3.8) is 0 Å². The molecule has 2 nitrogen and oxygen atoms in total. The Morgan fingerprint density at radius 1 is 0.591 bits per heavy atom. The van der Waals surface area contributed by atoms with Crippen LogP contribution in [0.3, 0.4) is 0 Å². The van der Waals surface area contributed by atoms with E-state index in [1.807, 2.05) is 0 Å². The molecule has 0 N–H and O–H groups in total. The molecule has 0 aliphatic carbocycles. The van der Waals surface area contributed by atoms with Crippen LogP contribution in [0.15, 0.2) is 24.3 Å². The molecule has 0 atom stereocenters. The molecule has 2 aliphatic rings. The van der Waals surface area contributed by atoms with Gasteiger partial charge in [-0.3, -0.25) is 0 Å². The van der Waals surface area contributed by atoms with Gasteiger partial charge in [0.25, 0.3) is 0 Å². The lowest BCUT2D eigenvalue weighted by molar-refractivity contribution is 0.333. The topological polar surface area (TPSA) is 6.48 Å². The summed E-state index contributed by atoms with van der Waals surface area (Å²) in [5, 5.41) is 0. The lowest BCUT2D eigenvalue weighted by atomic mass is 10.0. The van der Waals surface area contributed by atoms with Gasteiger partial charge >= 0.3 is 0 Å². The first-order valence-electron chi connectivity index (χ1n) is 9.43. The van der Waals surface area contributed by atoms with Gasteiger partial charge < -0.3 is 9.80 Å². The molecule has 1 aromatic carbocycles. The highest BCUT2D eigenvalue weighted by Crippen LogP contribution is 2.13. The molecule has 0 amide bonds. The highest BCUT2D eigenvalue weighted by atomic mass is 15.1. The average molecular weight is 300 g/mol. The molecule has 0 aromatic heterocycles. The van der Waals surface area contributed by atoms with Crippen molar-refractivity contribution in [2.24, 2.45) is 0 Å². The minimum Gasteiger partial charge on any atom is -0.303 e. The number of hydrogen-bond donors (Lipinski definition) is 0. The monoisotopic (exact) mass is 300 g/mol. The maximum Gasteiger partial charge on any atom is -0.00156 e. The van der Waals surface area contributed by atoms with Gasteiger partial charge in [-0.2, -0.15) is 0 Å². The molecule has 1 aromatic rings. The van der Waals surface area contributed by atoms with E-state index in [0.717, 1.165) is 0 Å². The average Bonchev–Trinajstić information content (AvgIpc) is 3.22. The number of hydrogen-bond acceptors (Lipinski definition) is 2. The molecule has 0 saturated carbocycles. The third-order valence-electron chi connectivity index (χ3n) is 5.30. The summed E-state index contributed by atoms with van der Waals surface area (Å²) in [4.78, 5) is 5.24. The zero-order valence-electron chi connectivity index (χ0n) is 14.1. The van der Waals surface area contributed by atoms with Crippen LogP contribution in [0.4, 0.5) is 0 Å². The maximum atomic E-state index is 2.62. The van der Waals surface area contributed by atoms with Crippen molar-refractivity contribution in [3.8, 4) is 0 Å². The molecule has 2 saturated heterocycles. The first-order chi connectivity index (χ1) is 10.9. The minimum atomic E-state index is 1.24. The van der Waals surface area contributed by atoms with E-state index in [1.165, 1.54) is 102 Å². The molecule has 2 aliphatic heterocycles. The number of rotatable bonds is 8. The number of benzene rings is 1. The molecule has 3 rings (SSSR count). The zero-order chi connectivity index (χ0) is 15.0. The summed E-state index contributed by atoms with van der Waals surface area (Å²) in [6.45, 7) is 7.90. The Bertz CT molecular complexity index is 373. The van der Waals surface area contributed by atoms with Crippen molar-refractivity contribution in [1.82, 2.24) is 9.80 Å². The lowest BCUT2D eigenvalue weighted by Gasteiger charge is -2.14. The second-order valence-corrected chi connectivity index (χ2v) is 7.12. The maximum absolute atomic E-state index is 2.62. The van der Waals surface area contributed by atoms with E-state index in [2.05, 4.69) is 34.1 Å². The van der Waals surface area contributed by atoms with Gasteiger partial charge in [-0.05, 0) is 102 Å². The molecule has 22 heavy (non-hydrogen) atoms. The van der Waals surface area contributed by atoms with Crippen LogP contribution in [0.1, 0.15) is 49.7 Å². The normalized spacial score (nSPS) is 20.0. The molecule has 2 fully saturated rings.